The van der Waals surface area contributed by atoms with E-state index in [1.165, 1.54) is 0 Å². The van der Waals surface area contributed by atoms with Crippen LogP contribution >= 0.6 is 0 Å². The first-order chi connectivity index (χ1) is 7.52. The third-order valence-corrected chi connectivity index (χ3v) is 2.18. The number of hydrogen-bond donors (Lipinski definition) is 1. The maximum atomic E-state index is 10.8. The van der Waals surface area contributed by atoms with Gasteiger partial charge in [-0.15, -0.1) is 0 Å². The third kappa shape index (κ3) is 3.20. The first kappa shape index (κ1) is 12.4. The minimum atomic E-state index is -0.469. The molecule has 0 aromatic heterocycles. The molecular formula is C11H15NO4. The molecule has 16 heavy (non-hydrogen) atoms. The molecule has 1 rings (SSSR count). The van der Waals surface area contributed by atoms with E-state index in [4.69, 9.17) is 9.84 Å². The zero-order valence-corrected chi connectivity index (χ0v) is 9.34. The Bertz CT molecular complexity index is 376. The summed E-state index contributed by atoms with van der Waals surface area (Å²) in [6.45, 7) is 3.58. The second kappa shape index (κ2) is 5.46. The van der Waals surface area contributed by atoms with E-state index in [2.05, 4.69) is 0 Å². The topological polar surface area (TPSA) is 72.6 Å². The number of para-hydroxylation sites is 1. The largest absolute Gasteiger partial charge is 0.487 e. The molecule has 5 nitrogen and oxygen atoms in total. The number of ether oxygens (including phenoxy) is 1. The van der Waals surface area contributed by atoms with Gasteiger partial charge in [0.05, 0.1) is 17.6 Å². The summed E-state index contributed by atoms with van der Waals surface area (Å²) in [5.41, 5.74) is 0.563. The van der Waals surface area contributed by atoms with Gasteiger partial charge in [0, 0.05) is 12.0 Å². The number of nitrogens with zero attached hydrogens (tertiary/aromatic N) is 1. The lowest BCUT2D eigenvalue weighted by Crippen LogP contribution is -2.08. The molecule has 5 heteroatoms. The molecule has 0 aliphatic rings. The molecule has 88 valence electrons. The smallest absolute Gasteiger partial charge is 0.313 e. The van der Waals surface area contributed by atoms with Crippen molar-refractivity contribution in [2.75, 3.05) is 6.61 Å². The Labute approximate surface area is 93.8 Å². The van der Waals surface area contributed by atoms with Crippen molar-refractivity contribution in [2.24, 2.45) is 0 Å². The zero-order valence-electron chi connectivity index (χ0n) is 9.34. The van der Waals surface area contributed by atoms with E-state index in [0.717, 1.165) is 0 Å². The van der Waals surface area contributed by atoms with Crippen molar-refractivity contribution in [3.05, 3.63) is 33.9 Å². The van der Waals surface area contributed by atoms with Gasteiger partial charge in [-0.25, -0.2) is 0 Å². The number of aryl methyl sites for hydroxylation is 1. The molecule has 0 aliphatic carbocycles. The molecule has 1 N–H and O–H groups in total. The lowest BCUT2D eigenvalue weighted by Gasteiger charge is -2.08. The fraction of sp³-hybridized carbons (Fsp3) is 0.455. The summed E-state index contributed by atoms with van der Waals surface area (Å²) in [6.07, 6.45) is -0.0191. The van der Waals surface area contributed by atoms with Gasteiger partial charge in [-0.2, -0.15) is 0 Å². The molecule has 0 saturated heterocycles. The molecule has 0 fully saturated rings. The highest BCUT2D eigenvalue weighted by molar-refractivity contribution is 5.51. The van der Waals surface area contributed by atoms with Crippen LogP contribution in [0.25, 0.3) is 0 Å². The van der Waals surface area contributed by atoms with Gasteiger partial charge < -0.3 is 9.84 Å². The highest BCUT2D eigenvalue weighted by Crippen LogP contribution is 2.30. The normalized spacial score (nSPS) is 12.2. The van der Waals surface area contributed by atoms with Gasteiger partial charge in [-0.05, 0) is 19.9 Å². The summed E-state index contributed by atoms with van der Waals surface area (Å²) in [4.78, 5) is 10.4. The number of nitro benzene ring substituents is 1. The van der Waals surface area contributed by atoms with Gasteiger partial charge in [-0.1, -0.05) is 12.1 Å². The number of benzene rings is 1. The average Bonchev–Trinajstić information content (AvgIpc) is 2.16. The summed E-state index contributed by atoms with van der Waals surface area (Å²) in [6, 6.07) is 4.94. The van der Waals surface area contributed by atoms with E-state index in [0.29, 0.717) is 12.0 Å². The van der Waals surface area contributed by atoms with Crippen LogP contribution in [-0.4, -0.2) is 22.7 Å². The first-order valence-electron chi connectivity index (χ1n) is 5.07. The number of rotatable bonds is 5. The lowest BCUT2D eigenvalue weighted by molar-refractivity contribution is -0.386. The van der Waals surface area contributed by atoms with E-state index in [9.17, 15) is 10.1 Å². The minimum absolute atomic E-state index is 0.00640. The summed E-state index contributed by atoms with van der Waals surface area (Å²) >= 11 is 0. The van der Waals surface area contributed by atoms with E-state index < -0.39 is 11.0 Å². The molecule has 0 spiro atoms. The second-order valence-corrected chi connectivity index (χ2v) is 3.66. The molecule has 1 aromatic rings. The van der Waals surface area contributed by atoms with Gasteiger partial charge in [0.2, 0.25) is 0 Å². The molecule has 0 saturated carbocycles. The van der Waals surface area contributed by atoms with Gasteiger partial charge in [0.15, 0.2) is 5.75 Å². The Morgan fingerprint density at radius 3 is 2.81 bits per heavy atom. The molecule has 1 atom stereocenters. The van der Waals surface area contributed by atoms with Gasteiger partial charge in [0.1, 0.15) is 0 Å². The van der Waals surface area contributed by atoms with Crippen LogP contribution in [0.2, 0.25) is 0 Å². The maximum Gasteiger partial charge on any atom is 0.313 e. The van der Waals surface area contributed by atoms with Crippen molar-refractivity contribution in [3.8, 4) is 5.75 Å². The predicted octanol–water partition coefficient (Wildman–Crippen LogP) is 2.05. The quantitative estimate of drug-likeness (QED) is 0.614. The Morgan fingerprint density at radius 1 is 1.56 bits per heavy atom. The van der Waals surface area contributed by atoms with Crippen LogP contribution < -0.4 is 4.74 Å². The SMILES string of the molecule is Cc1cccc(OCCC(C)O)c1[N+](=O)[O-]. The summed E-state index contributed by atoms with van der Waals surface area (Å²) in [7, 11) is 0. The molecule has 0 radical (unpaired) electrons. The van der Waals surface area contributed by atoms with E-state index in [1.807, 2.05) is 0 Å². The zero-order chi connectivity index (χ0) is 12.1. The van der Waals surface area contributed by atoms with Gasteiger partial charge in [-0.3, -0.25) is 10.1 Å². The van der Waals surface area contributed by atoms with Crippen LogP contribution in [0.1, 0.15) is 18.9 Å². The molecular weight excluding hydrogens is 210 g/mol. The molecule has 1 aromatic carbocycles. The van der Waals surface area contributed by atoms with Gasteiger partial charge in [0.25, 0.3) is 0 Å². The van der Waals surface area contributed by atoms with Crippen molar-refractivity contribution < 1.29 is 14.8 Å². The van der Waals surface area contributed by atoms with Crippen LogP contribution in [0.3, 0.4) is 0 Å². The first-order valence-corrected chi connectivity index (χ1v) is 5.07. The van der Waals surface area contributed by atoms with Crippen LogP contribution in [-0.2, 0) is 0 Å². The van der Waals surface area contributed by atoms with Gasteiger partial charge >= 0.3 is 5.69 Å². The molecule has 0 aliphatic heterocycles. The van der Waals surface area contributed by atoms with Crippen molar-refractivity contribution in [3.63, 3.8) is 0 Å². The number of nitro groups is 1. The van der Waals surface area contributed by atoms with Crippen molar-refractivity contribution >= 4 is 5.69 Å². The molecule has 0 heterocycles. The second-order valence-electron chi connectivity index (χ2n) is 3.66. The summed E-state index contributed by atoms with van der Waals surface area (Å²) < 4.78 is 5.29. The summed E-state index contributed by atoms with van der Waals surface area (Å²) in [5.74, 6) is 0.255. The molecule has 0 amide bonds. The van der Waals surface area contributed by atoms with Crippen LogP contribution in [0, 0.1) is 17.0 Å². The van der Waals surface area contributed by atoms with Crippen molar-refractivity contribution in [2.45, 2.75) is 26.4 Å². The Hall–Kier alpha value is -1.62. The number of aliphatic hydroxyl groups excluding tert-OH is 1. The Morgan fingerprint density at radius 2 is 2.25 bits per heavy atom. The molecule has 0 bridgehead atoms. The monoisotopic (exact) mass is 225 g/mol. The van der Waals surface area contributed by atoms with Crippen LogP contribution in [0.15, 0.2) is 18.2 Å². The Kier molecular flexibility index (Phi) is 4.25. The van der Waals surface area contributed by atoms with E-state index in [1.54, 1.807) is 32.0 Å². The summed E-state index contributed by atoms with van der Waals surface area (Å²) in [5, 5.41) is 19.9. The standard InChI is InChI=1S/C11H15NO4/c1-8-4-3-5-10(11(8)12(14)15)16-7-6-9(2)13/h3-5,9,13H,6-7H2,1-2H3. The van der Waals surface area contributed by atoms with Crippen LogP contribution in [0.5, 0.6) is 5.75 Å². The fourth-order valence-corrected chi connectivity index (χ4v) is 1.32. The Balaban J connectivity index is 2.79. The highest BCUT2D eigenvalue weighted by atomic mass is 16.6. The van der Waals surface area contributed by atoms with E-state index in [-0.39, 0.29) is 18.0 Å². The van der Waals surface area contributed by atoms with Crippen LogP contribution in [0.4, 0.5) is 5.69 Å². The predicted molar refractivity (Wildman–Crippen MR) is 59.6 cm³/mol. The lowest BCUT2D eigenvalue weighted by atomic mass is 10.2. The number of hydrogen-bond acceptors (Lipinski definition) is 4. The van der Waals surface area contributed by atoms with Crippen molar-refractivity contribution in [1.29, 1.82) is 0 Å². The highest BCUT2D eigenvalue weighted by Gasteiger charge is 2.17. The average molecular weight is 225 g/mol. The minimum Gasteiger partial charge on any atom is -0.487 e. The molecule has 1 unspecified atom stereocenters. The maximum absolute atomic E-state index is 10.8. The third-order valence-electron chi connectivity index (χ3n) is 2.18. The fourth-order valence-electron chi connectivity index (χ4n) is 1.32. The number of aliphatic hydroxyl groups is 1. The van der Waals surface area contributed by atoms with Crippen molar-refractivity contribution in [1.82, 2.24) is 0 Å². The van der Waals surface area contributed by atoms with E-state index >= 15 is 0 Å².